The van der Waals surface area contributed by atoms with Crippen LogP contribution in [0.4, 0.5) is 5.69 Å². The van der Waals surface area contributed by atoms with Crippen molar-refractivity contribution in [3.05, 3.63) is 23.8 Å². The lowest BCUT2D eigenvalue weighted by molar-refractivity contribution is -0.124. The van der Waals surface area contributed by atoms with Crippen LogP contribution in [0, 0.1) is 5.41 Å². The molecule has 0 aliphatic carbocycles. The molecule has 0 unspecified atom stereocenters. The van der Waals surface area contributed by atoms with Crippen LogP contribution in [0.25, 0.3) is 0 Å². The van der Waals surface area contributed by atoms with Crippen molar-refractivity contribution in [2.45, 2.75) is 26.7 Å². The van der Waals surface area contributed by atoms with Crippen molar-refractivity contribution in [1.82, 2.24) is 0 Å². The third-order valence-corrected chi connectivity index (χ3v) is 3.20. The zero-order chi connectivity index (χ0) is 11.8. The van der Waals surface area contributed by atoms with E-state index in [1.165, 1.54) is 5.56 Å². The summed E-state index contributed by atoms with van der Waals surface area (Å²) in [5, 5.41) is 2.97. The normalized spacial score (nSPS) is 18.3. The van der Waals surface area contributed by atoms with E-state index >= 15 is 0 Å². The molecule has 1 heterocycles. The Kier molecular flexibility index (Phi) is 2.62. The highest BCUT2D eigenvalue weighted by molar-refractivity contribution is 5.96. The van der Waals surface area contributed by atoms with Gasteiger partial charge in [0, 0.05) is 17.2 Å². The van der Waals surface area contributed by atoms with Crippen LogP contribution in [0.15, 0.2) is 18.2 Å². The molecule has 1 N–H and O–H groups in total. The molecule has 1 aromatic rings. The van der Waals surface area contributed by atoms with E-state index in [1.807, 2.05) is 32.0 Å². The van der Waals surface area contributed by atoms with Crippen LogP contribution in [0.5, 0.6) is 5.75 Å². The van der Waals surface area contributed by atoms with Crippen molar-refractivity contribution in [2.75, 3.05) is 12.4 Å². The first-order chi connectivity index (χ1) is 7.53. The van der Waals surface area contributed by atoms with Crippen molar-refractivity contribution in [2.24, 2.45) is 5.41 Å². The molecule has 0 spiro atoms. The lowest BCUT2D eigenvalue weighted by atomic mass is 9.87. The van der Waals surface area contributed by atoms with Crippen LogP contribution in [-0.2, 0) is 11.2 Å². The van der Waals surface area contributed by atoms with Gasteiger partial charge in [0.2, 0.25) is 5.91 Å². The van der Waals surface area contributed by atoms with Gasteiger partial charge in [0.15, 0.2) is 0 Å². The zero-order valence-corrected chi connectivity index (χ0v) is 9.96. The number of nitrogens with one attached hydrogen (secondary N) is 1. The number of benzene rings is 1. The molecule has 16 heavy (non-hydrogen) atoms. The van der Waals surface area contributed by atoms with Crippen LogP contribution < -0.4 is 10.1 Å². The highest BCUT2D eigenvalue weighted by atomic mass is 16.5. The first-order valence-corrected chi connectivity index (χ1v) is 5.51. The maximum Gasteiger partial charge on any atom is 0.230 e. The van der Waals surface area contributed by atoms with Gasteiger partial charge in [0.25, 0.3) is 0 Å². The molecule has 0 atom stereocenters. The molecular formula is C13H17NO2. The van der Waals surface area contributed by atoms with Crippen molar-refractivity contribution >= 4 is 11.6 Å². The Hall–Kier alpha value is -1.51. The van der Waals surface area contributed by atoms with Gasteiger partial charge in [0.05, 0.1) is 7.11 Å². The second-order valence-electron chi connectivity index (χ2n) is 4.86. The number of hydrogen-bond donors (Lipinski definition) is 1. The fraction of sp³-hybridized carbons (Fsp3) is 0.462. The maximum absolute atomic E-state index is 11.9. The summed E-state index contributed by atoms with van der Waals surface area (Å²) in [5.41, 5.74) is 1.77. The Morgan fingerprint density at radius 3 is 2.81 bits per heavy atom. The fourth-order valence-corrected chi connectivity index (χ4v) is 1.87. The number of rotatable bonds is 1. The maximum atomic E-state index is 11.9. The van der Waals surface area contributed by atoms with Crippen LogP contribution in [0.1, 0.15) is 25.8 Å². The van der Waals surface area contributed by atoms with Gasteiger partial charge in [-0.2, -0.15) is 0 Å². The second-order valence-corrected chi connectivity index (χ2v) is 4.86. The Morgan fingerprint density at radius 1 is 1.38 bits per heavy atom. The second kappa shape index (κ2) is 3.81. The van der Waals surface area contributed by atoms with Crippen molar-refractivity contribution in [1.29, 1.82) is 0 Å². The number of carbonyl (C=O) groups is 1. The average Bonchev–Trinajstić information content (AvgIpc) is 2.36. The quantitative estimate of drug-likeness (QED) is 0.788. The summed E-state index contributed by atoms with van der Waals surface area (Å²) in [6.45, 7) is 3.96. The monoisotopic (exact) mass is 219 g/mol. The molecule has 0 bridgehead atoms. The zero-order valence-electron chi connectivity index (χ0n) is 9.96. The number of hydrogen-bond acceptors (Lipinski definition) is 2. The van der Waals surface area contributed by atoms with Gasteiger partial charge in [-0.05, 0) is 24.5 Å². The molecule has 3 nitrogen and oxygen atoms in total. The summed E-state index contributed by atoms with van der Waals surface area (Å²) in [6.07, 6.45) is 1.79. The highest BCUT2D eigenvalue weighted by Gasteiger charge is 2.30. The predicted octanol–water partition coefficient (Wildman–Crippen LogP) is 2.61. The summed E-state index contributed by atoms with van der Waals surface area (Å²) in [5.74, 6) is 0.859. The van der Waals surface area contributed by atoms with E-state index in [0.717, 1.165) is 24.3 Å². The van der Waals surface area contributed by atoms with E-state index in [4.69, 9.17) is 4.74 Å². The smallest absolute Gasteiger partial charge is 0.230 e. The molecule has 0 saturated heterocycles. The Bertz CT molecular complexity index is 424. The van der Waals surface area contributed by atoms with Crippen LogP contribution in [0.3, 0.4) is 0 Å². The van der Waals surface area contributed by atoms with Crippen LogP contribution in [0.2, 0.25) is 0 Å². The number of methoxy groups -OCH3 is 1. The molecule has 0 fully saturated rings. The first-order valence-electron chi connectivity index (χ1n) is 5.51. The third kappa shape index (κ3) is 1.90. The SMILES string of the molecule is COc1ccc2c(c1)NC(=O)C(C)(C)CC2. The molecule has 1 amide bonds. The van der Waals surface area contributed by atoms with E-state index in [0.29, 0.717) is 0 Å². The number of carbonyl (C=O) groups excluding carboxylic acids is 1. The lowest BCUT2D eigenvalue weighted by Gasteiger charge is -2.19. The summed E-state index contributed by atoms with van der Waals surface area (Å²) >= 11 is 0. The van der Waals surface area contributed by atoms with Crippen molar-refractivity contribution < 1.29 is 9.53 Å². The topological polar surface area (TPSA) is 38.3 Å². The number of anilines is 1. The molecule has 2 rings (SSSR count). The van der Waals surface area contributed by atoms with Gasteiger partial charge in [-0.3, -0.25) is 4.79 Å². The summed E-state index contributed by atoms with van der Waals surface area (Å²) < 4.78 is 5.16. The molecule has 3 heteroatoms. The van der Waals surface area contributed by atoms with E-state index in [9.17, 15) is 4.79 Å². The largest absolute Gasteiger partial charge is 0.497 e. The Labute approximate surface area is 95.8 Å². The molecule has 0 aromatic heterocycles. The minimum atomic E-state index is -0.299. The molecule has 0 radical (unpaired) electrons. The van der Waals surface area contributed by atoms with Gasteiger partial charge >= 0.3 is 0 Å². The van der Waals surface area contributed by atoms with E-state index < -0.39 is 0 Å². The summed E-state index contributed by atoms with van der Waals surface area (Å²) in [4.78, 5) is 11.9. The van der Waals surface area contributed by atoms with E-state index in [2.05, 4.69) is 5.32 Å². The lowest BCUT2D eigenvalue weighted by Crippen LogP contribution is -2.29. The predicted molar refractivity (Wildman–Crippen MR) is 63.7 cm³/mol. The first kappa shape index (κ1) is 11.0. The molecule has 0 saturated carbocycles. The number of aryl methyl sites for hydroxylation is 1. The number of amides is 1. The summed E-state index contributed by atoms with van der Waals surface area (Å²) in [7, 11) is 1.63. The minimum absolute atomic E-state index is 0.0829. The van der Waals surface area contributed by atoms with E-state index in [-0.39, 0.29) is 11.3 Å². The number of fused-ring (bicyclic) bond motifs is 1. The van der Waals surface area contributed by atoms with Crippen molar-refractivity contribution in [3.63, 3.8) is 0 Å². The minimum Gasteiger partial charge on any atom is -0.497 e. The molecule has 86 valence electrons. The van der Waals surface area contributed by atoms with Gasteiger partial charge < -0.3 is 10.1 Å². The van der Waals surface area contributed by atoms with Crippen LogP contribution >= 0.6 is 0 Å². The van der Waals surface area contributed by atoms with Crippen molar-refractivity contribution in [3.8, 4) is 5.75 Å². The standard InChI is InChI=1S/C13H17NO2/c1-13(2)7-6-9-4-5-10(16-3)8-11(9)14-12(13)15/h4-5,8H,6-7H2,1-3H3,(H,14,15). The summed E-state index contributed by atoms with van der Waals surface area (Å²) in [6, 6.07) is 5.84. The molecule has 1 aliphatic rings. The van der Waals surface area contributed by atoms with Gasteiger partial charge in [-0.25, -0.2) is 0 Å². The van der Waals surface area contributed by atoms with Crippen LogP contribution in [-0.4, -0.2) is 13.0 Å². The highest BCUT2D eigenvalue weighted by Crippen LogP contribution is 2.33. The fourth-order valence-electron chi connectivity index (χ4n) is 1.87. The Balaban J connectivity index is 2.37. The van der Waals surface area contributed by atoms with Gasteiger partial charge in [-0.1, -0.05) is 19.9 Å². The average molecular weight is 219 g/mol. The number of ether oxygens (including phenoxy) is 1. The van der Waals surface area contributed by atoms with Gasteiger partial charge in [-0.15, -0.1) is 0 Å². The molecule has 1 aromatic carbocycles. The van der Waals surface area contributed by atoms with Gasteiger partial charge in [0.1, 0.15) is 5.75 Å². The molecule has 1 aliphatic heterocycles. The molecular weight excluding hydrogens is 202 g/mol. The van der Waals surface area contributed by atoms with E-state index in [1.54, 1.807) is 7.11 Å². The Morgan fingerprint density at radius 2 is 2.12 bits per heavy atom. The third-order valence-electron chi connectivity index (χ3n) is 3.20.